The van der Waals surface area contributed by atoms with Gasteiger partial charge in [0.1, 0.15) is 11.6 Å². The van der Waals surface area contributed by atoms with Gasteiger partial charge in [-0.2, -0.15) is 0 Å². The van der Waals surface area contributed by atoms with Gasteiger partial charge in [0.25, 0.3) is 15.9 Å². The number of nitrogens with one attached hydrogen (secondary N) is 1. The molecule has 34 heavy (non-hydrogen) atoms. The zero-order valence-electron chi connectivity index (χ0n) is 18.8. The van der Waals surface area contributed by atoms with Crippen LogP contribution in [0.4, 0.5) is 0 Å². The van der Waals surface area contributed by atoms with Crippen LogP contribution in [-0.2, 0) is 14.8 Å². The van der Waals surface area contributed by atoms with Crippen LogP contribution in [0.2, 0.25) is 0 Å². The first kappa shape index (κ1) is 23.7. The molecule has 0 atom stereocenters. The first-order chi connectivity index (χ1) is 16.4. The minimum absolute atomic E-state index is 0.0364. The minimum Gasteiger partial charge on any atom is -0.507 e. The highest BCUT2D eigenvalue weighted by atomic mass is 32.2. The van der Waals surface area contributed by atoms with E-state index in [0.717, 1.165) is 19.3 Å². The number of piperazine rings is 1. The van der Waals surface area contributed by atoms with Crippen LogP contribution in [0.3, 0.4) is 0 Å². The van der Waals surface area contributed by atoms with Gasteiger partial charge >= 0.3 is 0 Å². The van der Waals surface area contributed by atoms with Crippen LogP contribution in [-0.4, -0.2) is 73.7 Å². The van der Waals surface area contributed by atoms with Gasteiger partial charge in [-0.25, -0.2) is 8.42 Å². The van der Waals surface area contributed by atoms with Crippen LogP contribution in [0.1, 0.15) is 41.6 Å². The number of phenols is 1. The molecule has 9 nitrogen and oxygen atoms in total. The Hall–Kier alpha value is -3.40. The largest absolute Gasteiger partial charge is 0.507 e. The SMILES string of the molecule is O=C(CCCCCN=C1NS(=O)(=O)c2ccccc21)N1CCN(C(=O)c2ccccc2O)CC1. The summed E-state index contributed by atoms with van der Waals surface area (Å²) in [6.07, 6.45) is 2.72. The topological polar surface area (TPSA) is 119 Å². The Kier molecular flexibility index (Phi) is 7.16. The maximum atomic E-state index is 12.6. The summed E-state index contributed by atoms with van der Waals surface area (Å²) in [4.78, 5) is 33.2. The van der Waals surface area contributed by atoms with Crippen LogP contribution in [0, 0.1) is 0 Å². The number of sulfonamides is 1. The molecule has 0 bridgehead atoms. The monoisotopic (exact) mass is 484 g/mol. The number of fused-ring (bicyclic) bond motifs is 1. The Bertz CT molecular complexity index is 1200. The lowest BCUT2D eigenvalue weighted by Gasteiger charge is -2.35. The van der Waals surface area contributed by atoms with Crippen LogP contribution >= 0.6 is 0 Å². The second-order valence-corrected chi connectivity index (χ2v) is 9.98. The number of hydrogen-bond donors (Lipinski definition) is 2. The van der Waals surface area contributed by atoms with Gasteiger partial charge in [-0.1, -0.05) is 30.7 Å². The van der Waals surface area contributed by atoms with Gasteiger partial charge in [0, 0.05) is 44.7 Å². The standard InChI is InChI=1S/C24H28N4O5S/c29-20-10-5-3-8-18(20)24(31)28-16-14-27(15-17-28)22(30)12-2-1-7-13-25-23-19-9-4-6-11-21(19)34(32,33)26-23/h3-6,8-11,29H,1-2,7,12-17H2,(H,25,26). The number of carbonyl (C=O) groups excluding carboxylic acids is 2. The lowest BCUT2D eigenvalue weighted by atomic mass is 10.1. The maximum absolute atomic E-state index is 12.6. The highest BCUT2D eigenvalue weighted by Crippen LogP contribution is 2.22. The van der Waals surface area contributed by atoms with Crippen molar-refractivity contribution in [3.05, 3.63) is 59.7 Å². The number of aliphatic imine (C=N–C) groups is 1. The number of unbranched alkanes of at least 4 members (excludes halogenated alkanes) is 2. The molecule has 2 amide bonds. The van der Waals surface area contributed by atoms with Crippen molar-refractivity contribution in [2.45, 2.75) is 30.6 Å². The predicted molar refractivity (Wildman–Crippen MR) is 127 cm³/mol. The highest BCUT2D eigenvalue weighted by molar-refractivity contribution is 7.90. The van der Waals surface area contributed by atoms with E-state index in [9.17, 15) is 23.1 Å². The summed E-state index contributed by atoms with van der Waals surface area (Å²) >= 11 is 0. The van der Waals surface area contributed by atoms with E-state index in [0.29, 0.717) is 50.5 Å². The van der Waals surface area contributed by atoms with Gasteiger partial charge in [-0.15, -0.1) is 0 Å². The highest BCUT2D eigenvalue weighted by Gasteiger charge is 2.30. The smallest absolute Gasteiger partial charge is 0.263 e. The molecule has 0 saturated carbocycles. The number of amides is 2. The van der Waals surface area contributed by atoms with Gasteiger partial charge in [0.05, 0.1) is 10.5 Å². The molecule has 1 saturated heterocycles. The Morgan fingerprint density at radius 1 is 0.912 bits per heavy atom. The molecule has 1 fully saturated rings. The Labute approximate surface area is 199 Å². The summed E-state index contributed by atoms with van der Waals surface area (Å²) in [5.41, 5.74) is 0.873. The molecule has 0 aliphatic carbocycles. The predicted octanol–water partition coefficient (Wildman–Crippen LogP) is 1.98. The summed E-state index contributed by atoms with van der Waals surface area (Å²) in [5, 5.41) is 9.89. The summed E-state index contributed by atoms with van der Waals surface area (Å²) in [7, 11) is -3.52. The zero-order chi connectivity index (χ0) is 24.1. The number of aromatic hydroxyl groups is 1. The quantitative estimate of drug-likeness (QED) is 0.583. The van der Waals surface area contributed by atoms with Gasteiger partial charge in [0.15, 0.2) is 0 Å². The second kappa shape index (κ2) is 10.3. The van der Waals surface area contributed by atoms with E-state index in [1.54, 1.807) is 52.3 Å². The number of carbonyl (C=O) groups is 2. The minimum atomic E-state index is -3.52. The Balaban J connectivity index is 1.16. The number of benzene rings is 2. The van der Waals surface area contributed by atoms with Gasteiger partial charge in [-0.05, 0) is 37.1 Å². The van der Waals surface area contributed by atoms with Crippen molar-refractivity contribution in [3.63, 3.8) is 0 Å². The third-order valence-electron chi connectivity index (χ3n) is 6.04. The number of hydrogen-bond acceptors (Lipinski definition) is 6. The van der Waals surface area contributed by atoms with E-state index >= 15 is 0 Å². The summed E-state index contributed by atoms with van der Waals surface area (Å²) in [5.74, 6) is 0.186. The van der Waals surface area contributed by atoms with E-state index in [4.69, 9.17) is 0 Å². The van der Waals surface area contributed by atoms with Crippen LogP contribution < -0.4 is 4.72 Å². The van der Waals surface area contributed by atoms with Gasteiger partial charge in [0.2, 0.25) is 5.91 Å². The number of rotatable bonds is 7. The Morgan fingerprint density at radius 2 is 1.59 bits per heavy atom. The van der Waals surface area contributed by atoms with Crippen LogP contribution in [0.5, 0.6) is 5.75 Å². The second-order valence-electron chi connectivity index (χ2n) is 8.33. The van der Waals surface area contributed by atoms with E-state index in [-0.39, 0.29) is 28.0 Å². The first-order valence-electron chi connectivity index (χ1n) is 11.4. The van der Waals surface area contributed by atoms with E-state index in [2.05, 4.69) is 9.71 Å². The van der Waals surface area contributed by atoms with Crippen molar-refractivity contribution in [1.29, 1.82) is 0 Å². The third-order valence-corrected chi connectivity index (χ3v) is 7.43. The molecule has 0 spiro atoms. The molecule has 2 aliphatic rings. The van der Waals surface area contributed by atoms with Crippen LogP contribution in [0.25, 0.3) is 0 Å². The van der Waals surface area contributed by atoms with Crippen LogP contribution in [0.15, 0.2) is 58.4 Å². The van der Waals surface area contributed by atoms with Crippen molar-refractivity contribution in [3.8, 4) is 5.75 Å². The van der Waals surface area contributed by atoms with E-state index in [1.807, 2.05) is 0 Å². The number of phenolic OH excluding ortho intramolecular Hbond substituents is 1. The zero-order valence-corrected chi connectivity index (χ0v) is 19.6. The molecule has 180 valence electrons. The fourth-order valence-corrected chi connectivity index (χ4v) is 5.40. The molecule has 10 heteroatoms. The Morgan fingerprint density at radius 3 is 2.35 bits per heavy atom. The molecule has 2 N–H and O–H groups in total. The first-order valence-corrected chi connectivity index (χ1v) is 12.9. The van der Waals surface area contributed by atoms with Crippen molar-refractivity contribution in [2.75, 3.05) is 32.7 Å². The number of amidine groups is 1. The number of nitrogens with zero attached hydrogens (tertiary/aromatic N) is 3. The molecular weight excluding hydrogens is 456 g/mol. The van der Waals surface area contributed by atoms with Gasteiger partial charge < -0.3 is 14.9 Å². The van der Waals surface area contributed by atoms with Crippen molar-refractivity contribution >= 4 is 27.7 Å². The summed E-state index contributed by atoms with van der Waals surface area (Å²) in [6.45, 7) is 2.31. The van der Waals surface area contributed by atoms with E-state index in [1.165, 1.54) is 6.07 Å². The third kappa shape index (κ3) is 5.22. The molecule has 2 aliphatic heterocycles. The average molecular weight is 485 g/mol. The molecule has 0 aromatic heterocycles. The average Bonchev–Trinajstić information content (AvgIpc) is 3.11. The fraction of sp³-hybridized carbons (Fsp3) is 0.375. The molecular formula is C24H28N4O5S. The van der Waals surface area contributed by atoms with Crippen molar-refractivity contribution in [2.24, 2.45) is 4.99 Å². The van der Waals surface area contributed by atoms with Crippen molar-refractivity contribution in [1.82, 2.24) is 14.5 Å². The molecule has 2 aromatic rings. The molecule has 4 rings (SSSR count). The number of para-hydroxylation sites is 1. The maximum Gasteiger partial charge on any atom is 0.263 e. The molecule has 0 radical (unpaired) electrons. The normalized spacial score (nSPS) is 17.9. The molecule has 0 unspecified atom stereocenters. The summed E-state index contributed by atoms with van der Waals surface area (Å²) < 4.78 is 26.7. The van der Waals surface area contributed by atoms with Gasteiger partial charge in [-0.3, -0.25) is 19.3 Å². The fourth-order valence-electron chi connectivity index (χ4n) is 4.15. The molecule has 2 aromatic carbocycles. The molecule has 2 heterocycles. The lowest BCUT2D eigenvalue weighted by molar-refractivity contribution is -0.132. The van der Waals surface area contributed by atoms with Crippen molar-refractivity contribution < 1.29 is 23.1 Å². The lowest BCUT2D eigenvalue weighted by Crippen LogP contribution is -2.50. The summed E-state index contributed by atoms with van der Waals surface area (Å²) in [6, 6.07) is 13.2. The van der Waals surface area contributed by atoms with E-state index < -0.39 is 10.0 Å².